The maximum absolute atomic E-state index is 12.8. The zero-order chi connectivity index (χ0) is 24.9. The molecule has 1 N–H and O–H groups in total. The Balaban J connectivity index is 2.24. The Kier molecular flexibility index (Phi) is 6.50. The predicted octanol–water partition coefficient (Wildman–Crippen LogP) is 2.01. The van der Waals surface area contributed by atoms with Crippen molar-refractivity contribution >= 4 is 23.9 Å². The Bertz CT molecular complexity index is 917. The molecule has 0 bridgehead atoms. The largest absolute Gasteiger partial charge is 0.462 e. The van der Waals surface area contributed by atoms with Crippen LogP contribution >= 0.6 is 0 Å². The summed E-state index contributed by atoms with van der Waals surface area (Å²) in [4.78, 5) is 49.5. The van der Waals surface area contributed by atoms with Gasteiger partial charge in [-0.25, -0.2) is 9.59 Å². The van der Waals surface area contributed by atoms with Crippen LogP contribution in [0.15, 0.2) is 23.8 Å². The number of ether oxygens (including phenoxy) is 4. The van der Waals surface area contributed by atoms with Gasteiger partial charge in [0.25, 0.3) is 0 Å². The minimum absolute atomic E-state index is 0.0699. The fourth-order valence-corrected chi connectivity index (χ4v) is 5.87. The van der Waals surface area contributed by atoms with E-state index in [1.165, 1.54) is 13.8 Å². The highest BCUT2D eigenvalue weighted by Crippen LogP contribution is 2.60. The van der Waals surface area contributed by atoms with Gasteiger partial charge in [0, 0.05) is 30.9 Å². The van der Waals surface area contributed by atoms with Gasteiger partial charge in [0.2, 0.25) is 0 Å². The molecular formula is C24H32O9. The molecular weight excluding hydrogens is 432 g/mol. The van der Waals surface area contributed by atoms with Gasteiger partial charge in [-0.1, -0.05) is 19.6 Å². The lowest BCUT2D eigenvalue weighted by atomic mass is 9.49. The summed E-state index contributed by atoms with van der Waals surface area (Å²) in [5.74, 6) is -4.20. The quantitative estimate of drug-likeness (QED) is 0.378. The van der Waals surface area contributed by atoms with Gasteiger partial charge >= 0.3 is 23.9 Å². The Hall–Kier alpha value is -2.68. The minimum atomic E-state index is -1.41. The first kappa shape index (κ1) is 25.0. The van der Waals surface area contributed by atoms with Crippen LogP contribution in [0.2, 0.25) is 0 Å². The third-order valence-corrected chi connectivity index (χ3v) is 7.40. The van der Waals surface area contributed by atoms with Crippen molar-refractivity contribution in [1.29, 1.82) is 0 Å². The van der Waals surface area contributed by atoms with Crippen LogP contribution in [0, 0.1) is 17.3 Å². The molecule has 9 nitrogen and oxygen atoms in total. The van der Waals surface area contributed by atoms with Gasteiger partial charge in [0.05, 0.1) is 16.9 Å². The molecule has 1 saturated heterocycles. The lowest BCUT2D eigenvalue weighted by molar-refractivity contribution is -0.279. The van der Waals surface area contributed by atoms with Crippen molar-refractivity contribution < 1.29 is 43.2 Å². The zero-order valence-electron chi connectivity index (χ0n) is 19.9. The number of rotatable bonds is 4. The van der Waals surface area contributed by atoms with E-state index in [2.05, 4.69) is 6.58 Å². The fourth-order valence-electron chi connectivity index (χ4n) is 5.87. The van der Waals surface area contributed by atoms with Crippen molar-refractivity contribution in [2.75, 3.05) is 0 Å². The molecule has 0 spiro atoms. The molecule has 0 radical (unpaired) electrons. The van der Waals surface area contributed by atoms with Crippen LogP contribution in [0.5, 0.6) is 0 Å². The summed E-state index contributed by atoms with van der Waals surface area (Å²) < 4.78 is 22.8. The van der Waals surface area contributed by atoms with Gasteiger partial charge in [-0.2, -0.15) is 0 Å². The molecule has 0 amide bonds. The molecule has 33 heavy (non-hydrogen) atoms. The molecule has 1 heterocycles. The van der Waals surface area contributed by atoms with Crippen LogP contribution in [0.4, 0.5) is 0 Å². The summed E-state index contributed by atoms with van der Waals surface area (Å²) in [5, 5.41) is 11.5. The van der Waals surface area contributed by atoms with Crippen LogP contribution in [0.1, 0.15) is 54.4 Å². The predicted molar refractivity (Wildman–Crippen MR) is 114 cm³/mol. The normalized spacial score (nSPS) is 40.3. The molecule has 3 aliphatic rings. The standard InChI is InChI=1S/C24H32O9/c1-8-11(2)21(27)32-17-16-12(3)22(28)33-18(16)20(31-14(5)26)24(7)15(30-13(4)25)9-10-23(6,29)19(17)24/h8,15-20,29H,3,9-10H2,1-2,4-7H3. The van der Waals surface area contributed by atoms with E-state index < -0.39 is 71.1 Å². The molecule has 0 aromatic carbocycles. The number of allylic oxidation sites excluding steroid dienone is 1. The summed E-state index contributed by atoms with van der Waals surface area (Å²) in [6.45, 7) is 12.9. The Morgan fingerprint density at radius 2 is 1.73 bits per heavy atom. The van der Waals surface area contributed by atoms with Gasteiger partial charge in [-0.05, 0) is 33.6 Å². The summed E-state index contributed by atoms with van der Waals surface area (Å²) in [7, 11) is 0. The Morgan fingerprint density at radius 1 is 1.12 bits per heavy atom. The average molecular weight is 465 g/mol. The second-order valence-electron chi connectivity index (χ2n) is 9.63. The second-order valence-corrected chi connectivity index (χ2v) is 9.63. The van der Waals surface area contributed by atoms with Crippen LogP contribution in [0.25, 0.3) is 0 Å². The van der Waals surface area contributed by atoms with E-state index >= 15 is 0 Å². The van der Waals surface area contributed by atoms with Crippen molar-refractivity contribution in [3.8, 4) is 0 Å². The molecule has 9 heteroatoms. The molecule has 0 aromatic heterocycles. The van der Waals surface area contributed by atoms with Crippen molar-refractivity contribution in [2.45, 2.75) is 84.4 Å². The van der Waals surface area contributed by atoms with Crippen LogP contribution in [0.3, 0.4) is 0 Å². The first-order valence-electron chi connectivity index (χ1n) is 11.1. The molecule has 0 aromatic rings. The minimum Gasteiger partial charge on any atom is -0.462 e. The maximum Gasteiger partial charge on any atom is 0.334 e. The number of esters is 4. The van der Waals surface area contributed by atoms with Gasteiger partial charge in [0.1, 0.15) is 18.3 Å². The van der Waals surface area contributed by atoms with Crippen molar-refractivity contribution in [3.05, 3.63) is 23.8 Å². The number of aliphatic hydroxyl groups is 1. The van der Waals surface area contributed by atoms with E-state index in [1.807, 2.05) is 0 Å². The molecule has 1 aliphatic heterocycles. The maximum atomic E-state index is 12.8. The van der Waals surface area contributed by atoms with Gasteiger partial charge in [-0.3, -0.25) is 9.59 Å². The molecule has 3 fully saturated rings. The highest BCUT2D eigenvalue weighted by molar-refractivity contribution is 5.92. The van der Waals surface area contributed by atoms with Crippen LogP contribution in [-0.4, -0.2) is 59.0 Å². The summed E-state index contributed by atoms with van der Waals surface area (Å²) in [6.07, 6.45) is -1.82. The van der Waals surface area contributed by atoms with Gasteiger partial charge in [0.15, 0.2) is 6.10 Å². The molecule has 2 aliphatic carbocycles. The van der Waals surface area contributed by atoms with Crippen molar-refractivity contribution in [3.63, 3.8) is 0 Å². The molecule has 8 unspecified atom stereocenters. The highest BCUT2D eigenvalue weighted by atomic mass is 16.6. The molecule has 182 valence electrons. The van der Waals surface area contributed by atoms with E-state index in [-0.39, 0.29) is 18.4 Å². The van der Waals surface area contributed by atoms with E-state index in [0.717, 1.165) is 0 Å². The molecule has 2 saturated carbocycles. The number of carbonyl (C=O) groups excluding carboxylic acids is 4. The van der Waals surface area contributed by atoms with Crippen molar-refractivity contribution in [1.82, 2.24) is 0 Å². The monoisotopic (exact) mass is 464 g/mol. The topological polar surface area (TPSA) is 125 Å². The van der Waals surface area contributed by atoms with Crippen molar-refractivity contribution in [2.24, 2.45) is 17.3 Å². The first-order valence-corrected chi connectivity index (χ1v) is 11.1. The highest BCUT2D eigenvalue weighted by Gasteiger charge is 2.72. The third-order valence-electron chi connectivity index (χ3n) is 7.40. The van der Waals surface area contributed by atoms with E-state index in [9.17, 15) is 24.3 Å². The second kappa shape index (κ2) is 8.59. The van der Waals surface area contributed by atoms with Gasteiger partial charge < -0.3 is 24.1 Å². The molecule has 3 rings (SSSR count). The Morgan fingerprint density at radius 3 is 2.27 bits per heavy atom. The van der Waals surface area contributed by atoms with E-state index in [4.69, 9.17) is 18.9 Å². The summed E-state index contributed by atoms with van der Waals surface area (Å²) in [5.41, 5.74) is -2.23. The van der Waals surface area contributed by atoms with E-state index in [0.29, 0.717) is 5.57 Å². The zero-order valence-corrected chi connectivity index (χ0v) is 19.9. The third kappa shape index (κ3) is 4.07. The molecule has 8 atom stereocenters. The first-order chi connectivity index (χ1) is 15.2. The van der Waals surface area contributed by atoms with Crippen LogP contribution in [-0.2, 0) is 38.1 Å². The number of carbonyl (C=O) groups is 4. The summed E-state index contributed by atoms with van der Waals surface area (Å²) in [6, 6.07) is 0. The Labute approximate surface area is 193 Å². The van der Waals surface area contributed by atoms with E-state index in [1.54, 1.807) is 33.8 Å². The number of hydrogen-bond donors (Lipinski definition) is 1. The lowest BCUT2D eigenvalue weighted by Crippen LogP contribution is -2.72. The lowest BCUT2D eigenvalue weighted by Gasteiger charge is -2.61. The number of fused-ring (bicyclic) bond motifs is 2. The average Bonchev–Trinajstić information content (AvgIpc) is 3.00. The SMILES string of the molecule is C=C1C(=O)OC2C1C(OC(=O)C(C)=CC)C1C(C)(O)CCC(OC(C)=O)C1(C)C2OC(C)=O. The summed E-state index contributed by atoms with van der Waals surface area (Å²) >= 11 is 0. The fraction of sp³-hybridized carbons (Fsp3) is 0.667. The number of hydrogen-bond acceptors (Lipinski definition) is 9. The van der Waals surface area contributed by atoms with Crippen LogP contribution < -0.4 is 0 Å². The smallest absolute Gasteiger partial charge is 0.334 e. The van der Waals surface area contributed by atoms with Gasteiger partial charge in [-0.15, -0.1) is 0 Å².